The smallest absolute Gasteiger partial charge is 0.223 e. The van der Waals surface area contributed by atoms with Gasteiger partial charge in [-0.2, -0.15) is 10.2 Å². The number of nitrogens with zero attached hydrogens (tertiary/aromatic N) is 4. The molecular formula is C16H15F2N5O2. The Kier molecular flexibility index (Phi) is 4.12. The van der Waals surface area contributed by atoms with Crippen molar-refractivity contribution in [3.8, 4) is 6.07 Å². The molecule has 25 heavy (non-hydrogen) atoms. The van der Waals surface area contributed by atoms with Crippen molar-refractivity contribution in [2.45, 2.75) is 25.8 Å². The van der Waals surface area contributed by atoms with E-state index in [2.05, 4.69) is 15.5 Å². The number of rotatable bonds is 3. The predicted octanol–water partition coefficient (Wildman–Crippen LogP) is 1.77. The summed E-state index contributed by atoms with van der Waals surface area (Å²) in [4.78, 5) is 17.3. The number of carbonyl (C=O) groups excluding carboxylic acids is 1. The fourth-order valence-corrected chi connectivity index (χ4v) is 3.10. The monoisotopic (exact) mass is 347 g/mol. The van der Waals surface area contributed by atoms with Crippen LogP contribution in [0.15, 0.2) is 16.7 Å². The molecule has 1 aromatic carbocycles. The van der Waals surface area contributed by atoms with Crippen LogP contribution in [0.25, 0.3) is 0 Å². The van der Waals surface area contributed by atoms with Crippen LogP contribution >= 0.6 is 0 Å². The maximum Gasteiger partial charge on any atom is 0.223 e. The minimum absolute atomic E-state index is 0.0747. The molecule has 2 heterocycles. The first kappa shape index (κ1) is 16.8. The minimum atomic E-state index is -1.00. The van der Waals surface area contributed by atoms with Crippen LogP contribution in [0.3, 0.4) is 0 Å². The second-order valence-electron chi connectivity index (χ2n) is 5.97. The summed E-state index contributed by atoms with van der Waals surface area (Å²) >= 11 is 0. The lowest BCUT2D eigenvalue weighted by Gasteiger charge is -2.27. The molecule has 1 unspecified atom stereocenters. The van der Waals surface area contributed by atoms with Gasteiger partial charge in [-0.1, -0.05) is 5.16 Å². The lowest BCUT2D eigenvalue weighted by atomic mass is 9.97. The number of amides is 1. The molecular weight excluding hydrogens is 332 g/mol. The van der Waals surface area contributed by atoms with E-state index in [0.717, 1.165) is 12.1 Å². The Morgan fingerprint density at radius 3 is 2.64 bits per heavy atom. The number of aromatic nitrogens is 2. The van der Waals surface area contributed by atoms with Gasteiger partial charge in [0.2, 0.25) is 11.8 Å². The molecule has 1 N–H and O–H groups in total. The van der Waals surface area contributed by atoms with Gasteiger partial charge in [-0.3, -0.25) is 4.79 Å². The van der Waals surface area contributed by atoms with Crippen molar-refractivity contribution in [1.29, 1.82) is 5.26 Å². The number of hydrogen-bond donors (Lipinski definition) is 1. The van der Waals surface area contributed by atoms with Crippen molar-refractivity contribution >= 4 is 11.6 Å². The number of nitriles is 1. The van der Waals surface area contributed by atoms with Crippen LogP contribution < -0.4 is 10.2 Å². The Morgan fingerprint density at radius 1 is 1.44 bits per heavy atom. The summed E-state index contributed by atoms with van der Waals surface area (Å²) < 4.78 is 33.6. The van der Waals surface area contributed by atoms with E-state index in [0.29, 0.717) is 12.3 Å². The van der Waals surface area contributed by atoms with E-state index in [1.165, 1.54) is 11.8 Å². The fourth-order valence-electron chi connectivity index (χ4n) is 3.10. The number of aryl methyl sites for hydroxylation is 1. The Hall–Kier alpha value is -3.02. The maximum absolute atomic E-state index is 14.3. The molecule has 1 fully saturated rings. The molecule has 1 aliphatic heterocycles. The van der Waals surface area contributed by atoms with Gasteiger partial charge in [0.1, 0.15) is 11.2 Å². The number of nitrogens with one attached hydrogen (secondary N) is 1. The molecule has 0 aliphatic carbocycles. The fraction of sp³-hybridized carbons (Fsp3) is 0.375. The van der Waals surface area contributed by atoms with Gasteiger partial charge in [0.05, 0.1) is 11.6 Å². The zero-order valence-corrected chi connectivity index (χ0v) is 13.6. The summed E-state index contributed by atoms with van der Waals surface area (Å²) in [6.07, 6.45) is 0.352. The number of anilines is 1. The zero-order chi connectivity index (χ0) is 18.2. The maximum atomic E-state index is 14.3. The average molecular weight is 347 g/mol. The number of carbonyl (C=O) groups is 1. The quantitative estimate of drug-likeness (QED) is 0.909. The van der Waals surface area contributed by atoms with Crippen LogP contribution in [0.5, 0.6) is 0 Å². The van der Waals surface area contributed by atoms with Crippen molar-refractivity contribution in [2.24, 2.45) is 0 Å². The second-order valence-corrected chi connectivity index (χ2v) is 5.97. The SMILES string of the molecule is CC(=O)NC1(c2noc(C)n2)CCN(c2c(F)cc(C#N)cc2F)C1. The van der Waals surface area contributed by atoms with E-state index < -0.39 is 17.2 Å². The molecule has 1 aliphatic rings. The van der Waals surface area contributed by atoms with Crippen LogP contribution in [0, 0.1) is 29.9 Å². The highest BCUT2D eigenvalue weighted by molar-refractivity contribution is 5.74. The molecule has 7 nitrogen and oxygen atoms in total. The molecule has 1 aromatic heterocycles. The third kappa shape index (κ3) is 3.03. The van der Waals surface area contributed by atoms with E-state index >= 15 is 0 Å². The highest BCUT2D eigenvalue weighted by Gasteiger charge is 2.45. The second kappa shape index (κ2) is 6.12. The topological polar surface area (TPSA) is 95.1 Å². The molecule has 1 saturated heterocycles. The third-order valence-corrected chi connectivity index (χ3v) is 4.10. The zero-order valence-electron chi connectivity index (χ0n) is 13.6. The molecule has 0 bridgehead atoms. The van der Waals surface area contributed by atoms with Crippen molar-refractivity contribution < 1.29 is 18.1 Å². The first-order valence-corrected chi connectivity index (χ1v) is 7.58. The molecule has 1 atom stereocenters. The van der Waals surface area contributed by atoms with E-state index in [-0.39, 0.29) is 36.1 Å². The van der Waals surface area contributed by atoms with Crippen LogP contribution in [-0.4, -0.2) is 29.1 Å². The van der Waals surface area contributed by atoms with E-state index in [1.807, 2.05) is 0 Å². The van der Waals surface area contributed by atoms with Crippen molar-refractivity contribution in [3.05, 3.63) is 41.0 Å². The van der Waals surface area contributed by atoms with Crippen molar-refractivity contribution in [3.63, 3.8) is 0 Å². The summed E-state index contributed by atoms with van der Waals surface area (Å²) in [5, 5.41) is 15.5. The predicted molar refractivity (Wildman–Crippen MR) is 82.4 cm³/mol. The molecule has 3 rings (SSSR count). The van der Waals surface area contributed by atoms with Crippen LogP contribution in [0.2, 0.25) is 0 Å². The molecule has 9 heteroatoms. The third-order valence-electron chi connectivity index (χ3n) is 4.10. The van der Waals surface area contributed by atoms with Crippen molar-refractivity contribution in [1.82, 2.24) is 15.5 Å². The summed E-state index contributed by atoms with van der Waals surface area (Å²) in [6.45, 7) is 3.31. The first-order valence-electron chi connectivity index (χ1n) is 7.58. The van der Waals surface area contributed by atoms with Gasteiger partial charge in [0.25, 0.3) is 0 Å². The van der Waals surface area contributed by atoms with E-state index in [1.54, 1.807) is 13.0 Å². The lowest BCUT2D eigenvalue weighted by Crippen LogP contribution is -2.48. The van der Waals surface area contributed by atoms with Gasteiger partial charge >= 0.3 is 0 Å². The van der Waals surface area contributed by atoms with Gasteiger partial charge < -0.3 is 14.7 Å². The molecule has 2 aromatic rings. The summed E-state index contributed by atoms with van der Waals surface area (Å²) in [5.74, 6) is -1.39. The Balaban J connectivity index is 1.98. The van der Waals surface area contributed by atoms with Crippen molar-refractivity contribution in [2.75, 3.05) is 18.0 Å². The van der Waals surface area contributed by atoms with Crippen LogP contribution in [0.1, 0.15) is 30.6 Å². The molecule has 130 valence electrons. The highest BCUT2D eigenvalue weighted by atomic mass is 19.1. The summed E-state index contributed by atoms with van der Waals surface area (Å²) in [5.41, 5.74) is -1.34. The standard InChI is InChI=1S/C16H15F2N5O2/c1-9(24)21-16(15-20-10(2)25-22-15)3-4-23(8-16)14-12(17)5-11(7-19)6-13(14)18/h5-6H,3-4,8H2,1-2H3,(H,21,24). The van der Waals surface area contributed by atoms with Gasteiger partial charge in [-0.05, 0) is 18.6 Å². The van der Waals surface area contributed by atoms with Gasteiger partial charge in [0.15, 0.2) is 17.5 Å². The van der Waals surface area contributed by atoms with Gasteiger partial charge in [0, 0.05) is 26.9 Å². The minimum Gasteiger partial charge on any atom is -0.364 e. The Morgan fingerprint density at radius 2 is 2.12 bits per heavy atom. The Labute approximate surface area is 142 Å². The van der Waals surface area contributed by atoms with Crippen LogP contribution in [0.4, 0.5) is 14.5 Å². The first-order chi connectivity index (χ1) is 11.8. The molecule has 0 saturated carbocycles. The number of hydrogen-bond acceptors (Lipinski definition) is 6. The summed E-state index contributed by atoms with van der Waals surface area (Å²) in [7, 11) is 0. The van der Waals surface area contributed by atoms with Gasteiger partial charge in [-0.25, -0.2) is 8.78 Å². The van der Waals surface area contributed by atoms with Crippen LogP contribution in [-0.2, 0) is 10.3 Å². The molecule has 0 radical (unpaired) electrons. The molecule has 1 amide bonds. The largest absolute Gasteiger partial charge is 0.364 e. The number of benzene rings is 1. The highest BCUT2D eigenvalue weighted by Crippen LogP contribution is 2.36. The van der Waals surface area contributed by atoms with E-state index in [9.17, 15) is 13.6 Å². The Bertz CT molecular complexity index is 853. The molecule has 0 spiro atoms. The summed E-state index contributed by atoms with van der Waals surface area (Å²) in [6, 6.07) is 3.67. The lowest BCUT2D eigenvalue weighted by molar-refractivity contribution is -0.120. The van der Waals surface area contributed by atoms with Gasteiger partial charge in [-0.15, -0.1) is 0 Å². The van der Waals surface area contributed by atoms with E-state index in [4.69, 9.17) is 9.78 Å². The average Bonchev–Trinajstić information content (AvgIpc) is 3.14. The number of halogens is 2. The normalized spacial score (nSPS) is 19.7.